The van der Waals surface area contributed by atoms with Crippen molar-refractivity contribution in [2.24, 2.45) is 0 Å². The summed E-state index contributed by atoms with van der Waals surface area (Å²) in [6, 6.07) is 5.07. The summed E-state index contributed by atoms with van der Waals surface area (Å²) in [5.41, 5.74) is 6.98. The second-order valence-electron chi connectivity index (χ2n) is 5.22. The highest BCUT2D eigenvalue weighted by Crippen LogP contribution is 2.24. The number of nitrogens with two attached hydrogens (primary N) is 1. The van der Waals surface area contributed by atoms with Gasteiger partial charge in [-0.05, 0) is 37.6 Å². The highest BCUT2D eigenvalue weighted by Gasteiger charge is 2.29. The molecule has 0 saturated carbocycles. The molecule has 6 heteroatoms. The molecule has 1 fully saturated rings. The minimum Gasteiger partial charge on any atom is -0.398 e. The first-order valence-electron chi connectivity index (χ1n) is 7.04. The molecular formula is C14H23N3O2S. The highest BCUT2D eigenvalue weighted by molar-refractivity contribution is 7.89. The highest BCUT2D eigenvalue weighted by atomic mass is 32.2. The van der Waals surface area contributed by atoms with E-state index in [2.05, 4.69) is 11.8 Å². The first kappa shape index (κ1) is 15.3. The molecule has 0 spiro atoms. The first-order valence-corrected chi connectivity index (χ1v) is 8.48. The van der Waals surface area contributed by atoms with Crippen LogP contribution >= 0.6 is 0 Å². The Bertz CT molecular complexity index is 564. The van der Waals surface area contributed by atoms with Crippen molar-refractivity contribution < 1.29 is 8.42 Å². The molecule has 1 aliphatic rings. The van der Waals surface area contributed by atoms with E-state index >= 15 is 0 Å². The standard InChI is InChI=1S/C14H23N3O2S/c1-3-7-16-8-10-17(11-9-16)20(18,19)14-6-4-5-13(15)12(14)2/h4-6H,3,7-11,15H2,1-2H3. The number of rotatable bonds is 4. The van der Waals surface area contributed by atoms with E-state index in [4.69, 9.17) is 5.73 Å². The van der Waals surface area contributed by atoms with E-state index in [0.29, 0.717) is 29.2 Å². The molecule has 1 heterocycles. The van der Waals surface area contributed by atoms with Gasteiger partial charge in [0.15, 0.2) is 0 Å². The fourth-order valence-electron chi connectivity index (χ4n) is 2.56. The quantitative estimate of drug-likeness (QED) is 0.851. The average molecular weight is 297 g/mol. The summed E-state index contributed by atoms with van der Waals surface area (Å²) in [5, 5.41) is 0. The van der Waals surface area contributed by atoms with Gasteiger partial charge in [0.2, 0.25) is 10.0 Å². The fraction of sp³-hybridized carbons (Fsp3) is 0.571. The maximum Gasteiger partial charge on any atom is 0.243 e. The van der Waals surface area contributed by atoms with Gasteiger partial charge in [0.1, 0.15) is 0 Å². The van der Waals surface area contributed by atoms with Gasteiger partial charge in [-0.1, -0.05) is 13.0 Å². The van der Waals surface area contributed by atoms with Gasteiger partial charge in [-0.2, -0.15) is 4.31 Å². The molecule has 5 nitrogen and oxygen atoms in total. The Morgan fingerprint density at radius 1 is 1.20 bits per heavy atom. The van der Waals surface area contributed by atoms with Crippen LogP contribution in [-0.2, 0) is 10.0 Å². The lowest BCUT2D eigenvalue weighted by molar-refractivity contribution is 0.188. The Morgan fingerprint density at radius 3 is 2.45 bits per heavy atom. The molecular weight excluding hydrogens is 274 g/mol. The molecule has 1 aromatic rings. The molecule has 20 heavy (non-hydrogen) atoms. The van der Waals surface area contributed by atoms with Gasteiger partial charge < -0.3 is 10.6 Å². The van der Waals surface area contributed by atoms with Gasteiger partial charge in [-0.3, -0.25) is 0 Å². The van der Waals surface area contributed by atoms with Crippen molar-refractivity contribution in [1.82, 2.24) is 9.21 Å². The van der Waals surface area contributed by atoms with Gasteiger partial charge in [-0.15, -0.1) is 0 Å². The van der Waals surface area contributed by atoms with Crippen LogP contribution in [0, 0.1) is 6.92 Å². The van der Waals surface area contributed by atoms with Crippen LogP contribution in [0.1, 0.15) is 18.9 Å². The second-order valence-corrected chi connectivity index (χ2v) is 7.12. The molecule has 1 aromatic carbocycles. The van der Waals surface area contributed by atoms with Crippen LogP contribution in [0.3, 0.4) is 0 Å². The minimum absolute atomic E-state index is 0.335. The Labute approximate surface area is 121 Å². The summed E-state index contributed by atoms with van der Waals surface area (Å²) >= 11 is 0. The van der Waals surface area contributed by atoms with E-state index in [1.54, 1.807) is 29.4 Å². The largest absolute Gasteiger partial charge is 0.398 e. The van der Waals surface area contributed by atoms with Crippen LogP contribution in [0.4, 0.5) is 5.69 Å². The number of piperazine rings is 1. The predicted molar refractivity (Wildman–Crippen MR) is 81.1 cm³/mol. The third kappa shape index (κ3) is 2.97. The number of sulfonamides is 1. The summed E-state index contributed by atoms with van der Waals surface area (Å²) in [6.45, 7) is 7.63. The molecule has 0 atom stereocenters. The van der Waals surface area contributed by atoms with Gasteiger partial charge in [0.05, 0.1) is 4.90 Å². The summed E-state index contributed by atoms with van der Waals surface area (Å²) in [6.07, 6.45) is 1.10. The zero-order valence-electron chi connectivity index (χ0n) is 12.2. The van der Waals surface area contributed by atoms with Gasteiger partial charge in [0.25, 0.3) is 0 Å². The van der Waals surface area contributed by atoms with E-state index in [1.807, 2.05) is 0 Å². The molecule has 0 unspecified atom stereocenters. The molecule has 2 rings (SSSR count). The number of hydrogen-bond acceptors (Lipinski definition) is 4. The Morgan fingerprint density at radius 2 is 1.85 bits per heavy atom. The third-order valence-electron chi connectivity index (χ3n) is 3.81. The van der Waals surface area contributed by atoms with Gasteiger partial charge in [0, 0.05) is 31.9 Å². The Hall–Kier alpha value is -1.11. The number of anilines is 1. The summed E-state index contributed by atoms with van der Waals surface area (Å²) in [7, 11) is -3.43. The summed E-state index contributed by atoms with van der Waals surface area (Å²) < 4.78 is 26.9. The van der Waals surface area contributed by atoms with E-state index in [9.17, 15) is 8.42 Å². The molecule has 0 amide bonds. The zero-order valence-corrected chi connectivity index (χ0v) is 13.0. The van der Waals surface area contributed by atoms with E-state index in [-0.39, 0.29) is 0 Å². The smallest absolute Gasteiger partial charge is 0.243 e. The maximum atomic E-state index is 12.7. The SMILES string of the molecule is CCCN1CCN(S(=O)(=O)c2cccc(N)c2C)CC1. The topological polar surface area (TPSA) is 66.6 Å². The Kier molecular flexibility index (Phi) is 4.67. The maximum absolute atomic E-state index is 12.7. The van der Waals surface area contributed by atoms with Crippen molar-refractivity contribution in [2.45, 2.75) is 25.2 Å². The molecule has 0 bridgehead atoms. The first-order chi connectivity index (χ1) is 9.46. The van der Waals surface area contributed by atoms with Crippen molar-refractivity contribution in [3.05, 3.63) is 23.8 Å². The number of nitrogen functional groups attached to an aromatic ring is 1. The van der Waals surface area contributed by atoms with E-state index < -0.39 is 10.0 Å². The predicted octanol–water partition coefficient (Wildman–Crippen LogP) is 1.29. The van der Waals surface area contributed by atoms with Gasteiger partial charge in [-0.25, -0.2) is 8.42 Å². The lowest BCUT2D eigenvalue weighted by Crippen LogP contribution is -2.48. The molecule has 112 valence electrons. The third-order valence-corrected chi connectivity index (χ3v) is 5.86. The number of benzene rings is 1. The van der Waals surface area contributed by atoms with E-state index in [1.165, 1.54) is 0 Å². The van der Waals surface area contributed by atoms with Crippen LogP contribution in [-0.4, -0.2) is 50.3 Å². The number of nitrogens with zero attached hydrogens (tertiary/aromatic N) is 2. The van der Waals surface area contributed by atoms with E-state index in [0.717, 1.165) is 26.1 Å². The van der Waals surface area contributed by atoms with Crippen LogP contribution in [0.15, 0.2) is 23.1 Å². The fourth-order valence-corrected chi connectivity index (χ4v) is 4.24. The molecule has 0 radical (unpaired) electrons. The molecule has 2 N–H and O–H groups in total. The van der Waals surface area contributed by atoms with Crippen LogP contribution in [0.2, 0.25) is 0 Å². The van der Waals surface area contributed by atoms with Crippen LogP contribution < -0.4 is 5.73 Å². The lowest BCUT2D eigenvalue weighted by Gasteiger charge is -2.34. The van der Waals surface area contributed by atoms with Crippen molar-refractivity contribution in [3.8, 4) is 0 Å². The van der Waals surface area contributed by atoms with Crippen LogP contribution in [0.25, 0.3) is 0 Å². The molecule has 1 aliphatic heterocycles. The molecule has 0 aromatic heterocycles. The van der Waals surface area contributed by atoms with Crippen molar-refractivity contribution >= 4 is 15.7 Å². The summed E-state index contributed by atoms with van der Waals surface area (Å²) in [4.78, 5) is 2.64. The molecule has 0 aliphatic carbocycles. The van der Waals surface area contributed by atoms with Crippen molar-refractivity contribution in [1.29, 1.82) is 0 Å². The normalized spacial score (nSPS) is 18.3. The monoisotopic (exact) mass is 297 g/mol. The Balaban J connectivity index is 2.18. The van der Waals surface area contributed by atoms with Gasteiger partial charge >= 0.3 is 0 Å². The molecule has 1 saturated heterocycles. The van der Waals surface area contributed by atoms with Crippen molar-refractivity contribution in [3.63, 3.8) is 0 Å². The average Bonchev–Trinajstić information content (AvgIpc) is 2.42. The minimum atomic E-state index is -3.43. The second kappa shape index (κ2) is 6.11. The number of hydrogen-bond donors (Lipinski definition) is 1. The van der Waals surface area contributed by atoms with Crippen LogP contribution in [0.5, 0.6) is 0 Å². The lowest BCUT2D eigenvalue weighted by atomic mass is 10.2. The zero-order chi connectivity index (χ0) is 14.8. The van der Waals surface area contributed by atoms with Crippen molar-refractivity contribution in [2.75, 3.05) is 38.5 Å². The summed E-state index contributed by atoms with van der Waals surface area (Å²) in [5.74, 6) is 0.